The smallest absolute Gasteiger partial charge is 0.491 e. The minimum Gasteiger partial charge on any atom is -0.491 e. The predicted molar refractivity (Wildman–Crippen MR) is 125 cm³/mol. The quantitative estimate of drug-likeness (QED) is 0.250. The lowest BCUT2D eigenvalue weighted by atomic mass is 9.98. The number of benzene rings is 3. The van der Waals surface area contributed by atoms with Crippen LogP contribution < -0.4 is 9.47 Å². The number of aromatic nitrogens is 2. The largest absolute Gasteiger partial charge is 0.573 e. The molecule has 0 amide bonds. The van der Waals surface area contributed by atoms with E-state index in [0.717, 1.165) is 22.9 Å². The van der Waals surface area contributed by atoms with E-state index in [1.54, 1.807) is 36.7 Å². The van der Waals surface area contributed by atoms with Crippen LogP contribution in [0.15, 0.2) is 67.0 Å². The highest BCUT2D eigenvalue weighted by molar-refractivity contribution is 5.84. The summed E-state index contributed by atoms with van der Waals surface area (Å²) >= 11 is 0. The van der Waals surface area contributed by atoms with E-state index in [1.165, 1.54) is 12.1 Å². The lowest BCUT2D eigenvalue weighted by molar-refractivity contribution is -0.274. The average Bonchev–Trinajstić information content (AvgIpc) is 2.83. The van der Waals surface area contributed by atoms with Crippen molar-refractivity contribution in [1.29, 1.82) is 0 Å². The fraction of sp³-hybridized carbons (Fsp3) is 0.259. The molecule has 0 radical (unpaired) electrons. The van der Waals surface area contributed by atoms with Crippen LogP contribution in [0.5, 0.6) is 11.5 Å². The number of hydrogen-bond donors (Lipinski definition) is 0. The van der Waals surface area contributed by atoms with E-state index in [0.29, 0.717) is 48.4 Å². The molecule has 0 bridgehead atoms. The van der Waals surface area contributed by atoms with Gasteiger partial charge in [-0.05, 0) is 60.4 Å². The van der Waals surface area contributed by atoms with Crippen molar-refractivity contribution in [3.8, 4) is 11.5 Å². The molecule has 3 aromatic carbocycles. The fourth-order valence-corrected chi connectivity index (χ4v) is 3.84. The minimum absolute atomic E-state index is 0.275. The zero-order chi connectivity index (χ0) is 24.8. The van der Waals surface area contributed by atoms with E-state index in [4.69, 9.17) is 4.74 Å². The van der Waals surface area contributed by atoms with Gasteiger partial charge in [-0.3, -0.25) is 0 Å². The Morgan fingerprint density at radius 1 is 0.771 bits per heavy atom. The van der Waals surface area contributed by atoms with Gasteiger partial charge in [-0.1, -0.05) is 42.5 Å². The molecule has 1 heterocycles. The first-order chi connectivity index (χ1) is 16.8. The van der Waals surface area contributed by atoms with Gasteiger partial charge in [-0.2, -0.15) is 0 Å². The number of alkyl halides is 3. The Bertz CT molecular complexity index is 1270. The zero-order valence-electron chi connectivity index (χ0n) is 19.1. The normalized spacial score (nSPS) is 11.6. The number of hydrogen-bond acceptors (Lipinski definition) is 4. The maximum Gasteiger partial charge on any atom is 0.573 e. The van der Waals surface area contributed by atoms with Crippen LogP contribution in [0.1, 0.15) is 29.4 Å². The summed E-state index contributed by atoms with van der Waals surface area (Å²) in [5.74, 6) is 0.803. The summed E-state index contributed by atoms with van der Waals surface area (Å²) in [6, 6.07) is 15.0. The third-order valence-corrected chi connectivity index (χ3v) is 5.57. The number of aryl methyl sites for hydroxylation is 4. The molecule has 0 aliphatic rings. The van der Waals surface area contributed by atoms with Gasteiger partial charge >= 0.3 is 6.36 Å². The Kier molecular flexibility index (Phi) is 7.48. The summed E-state index contributed by atoms with van der Waals surface area (Å²) in [5, 5.41) is 1.35. The van der Waals surface area contributed by atoms with Crippen LogP contribution in [-0.4, -0.2) is 22.9 Å². The monoisotopic (exact) mass is 484 g/mol. The highest BCUT2D eigenvalue weighted by atomic mass is 19.4. The van der Waals surface area contributed by atoms with Crippen molar-refractivity contribution in [3.63, 3.8) is 0 Å². The van der Waals surface area contributed by atoms with E-state index in [2.05, 4.69) is 14.7 Å². The third kappa shape index (κ3) is 6.68. The second-order valence-electron chi connectivity index (χ2n) is 8.05. The Hall–Kier alpha value is -3.68. The molecule has 4 nitrogen and oxygen atoms in total. The number of ether oxygens (including phenoxy) is 2. The van der Waals surface area contributed by atoms with Gasteiger partial charge < -0.3 is 9.47 Å². The maximum absolute atomic E-state index is 15.1. The maximum atomic E-state index is 15.1. The molecule has 0 saturated carbocycles. The van der Waals surface area contributed by atoms with Crippen molar-refractivity contribution in [2.45, 2.75) is 39.0 Å². The van der Waals surface area contributed by atoms with E-state index in [9.17, 15) is 13.2 Å². The van der Waals surface area contributed by atoms with Gasteiger partial charge in [0.05, 0.1) is 19.0 Å². The van der Waals surface area contributed by atoms with E-state index in [-0.39, 0.29) is 11.6 Å². The Morgan fingerprint density at radius 2 is 1.46 bits per heavy atom. The number of halogens is 4. The van der Waals surface area contributed by atoms with Gasteiger partial charge in [-0.15, -0.1) is 13.2 Å². The molecule has 0 N–H and O–H groups in total. The Balaban J connectivity index is 1.38. The minimum atomic E-state index is -4.72. The van der Waals surface area contributed by atoms with Crippen molar-refractivity contribution < 1.29 is 27.0 Å². The molecule has 0 aliphatic carbocycles. The van der Waals surface area contributed by atoms with Gasteiger partial charge in [0.15, 0.2) is 5.75 Å². The molecular formula is C27H24F4N2O2. The molecule has 8 heteroatoms. The van der Waals surface area contributed by atoms with E-state index < -0.39 is 6.36 Å². The van der Waals surface area contributed by atoms with Gasteiger partial charge in [0.2, 0.25) is 0 Å². The highest BCUT2D eigenvalue weighted by Crippen LogP contribution is 2.26. The summed E-state index contributed by atoms with van der Waals surface area (Å²) in [6.07, 6.45) is 0.903. The fourth-order valence-electron chi connectivity index (χ4n) is 3.84. The van der Waals surface area contributed by atoms with Crippen molar-refractivity contribution in [2.75, 3.05) is 6.61 Å². The van der Waals surface area contributed by atoms with Crippen LogP contribution in [0.2, 0.25) is 0 Å². The first-order valence-electron chi connectivity index (χ1n) is 11.3. The predicted octanol–water partition coefficient (Wildman–Crippen LogP) is 6.64. The van der Waals surface area contributed by atoms with Crippen molar-refractivity contribution in [3.05, 3.63) is 95.3 Å². The molecule has 1 aromatic heterocycles. The standard InChI is InChI=1S/C27H24F4N2O2/c1-2-34-23-16-32-25(33-17-23)14-7-19-6-13-24-21(15-19)10-9-20(26(24)28)8-3-18-4-11-22(12-5-18)35-27(29,30)31/h4-6,9-13,15-17H,2-3,7-8,14H2,1H3. The lowest BCUT2D eigenvalue weighted by Gasteiger charge is -2.10. The third-order valence-electron chi connectivity index (χ3n) is 5.57. The summed E-state index contributed by atoms with van der Waals surface area (Å²) < 4.78 is 61.2. The number of rotatable bonds is 9. The molecular weight excluding hydrogens is 460 g/mol. The molecule has 0 saturated heterocycles. The Morgan fingerprint density at radius 3 is 2.14 bits per heavy atom. The molecule has 35 heavy (non-hydrogen) atoms. The topological polar surface area (TPSA) is 44.2 Å². The van der Waals surface area contributed by atoms with Crippen LogP contribution in [0.25, 0.3) is 10.8 Å². The van der Waals surface area contributed by atoms with Crippen molar-refractivity contribution >= 4 is 10.8 Å². The van der Waals surface area contributed by atoms with Gasteiger partial charge in [-0.25, -0.2) is 14.4 Å². The summed E-state index contributed by atoms with van der Waals surface area (Å²) in [6.45, 7) is 2.46. The number of nitrogens with zero attached hydrogens (tertiary/aromatic N) is 2. The molecule has 0 atom stereocenters. The first-order valence-corrected chi connectivity index (χ1v) is 11.3. The molecule has 0 aliphatic heterocycles. The summed E-state index contributed by atoms with van der Waals surface area (Å²) in [5.41, 5.74) is 2.41. The zero-order valence-corrected chi connectivity index (χ0v) is 19.1. The summed E-state index contributed by atoms with van der Waals surface area (Å²) in [7, 11) is 0. The van der Waals surface area contributed by atoms with Gasteiger partial charge in [0, 0.05) is 11.8 Å². The average molecular weight is 484 g/mol. The molecule has 0 spiro atoms. The lowest BCUT2D eigenvalue weighted by Crippen LogP contribution is -2.17. The summed E-state index contributed by atoms with van der Waals surface area (Å²) in [4.78, 5) is 8.63. The van der Waals surface area contributed by atoms with Crippen LogP contribution >= 0.6 is 0 Å². The second-order valence-corrected chi connectivity index (χ2v) is 8.05. The van der Waals surface area contributed by atoms with Crippen LogP contribution in [0, 0.1) is 5.82 Å². The molecule has 4 aromatic rings. The van der Waals surface area contributed by atoms with Crippen molar-refractivity contribution in [1.82, 2.24) is 9.97 Å². The van der Waals surface area contributed by atoms with Gasteiger partial charge in [0.25, 0.3) is 0 Å². The van der Waals surface area contributed by atoms with Crippen LogP contribution in [0.3, 0.4) is 0 Å². The molecule has 0 unspecified atom stereocenters. The first kappa shape index (κ1) is 24.4. The molecule has 4 rings (SSSR count). The van der Waals surface area contributed by atoms with E-state index in [1.807, 2.05) is 25.1 Å². The van der Waals surface area contributed by atoms with Crippen molar-refractivity contribution in [2.24, 2.45) is 0 Å². The molecule has 0 fully saturated rings. The van der Waals surface area contributed by atoms with E-state index >= 15 is 4.39 Å². The SMILES string of the molecule is CCOc1cnc(CCc2ccc3c(F)c(CCc4ccc(OC(F)(F)F)cc4)ccc3c2)nc1. The Labute approximate surface area is 200 Å². The van der Waals surface area contributed by atoms with Crippen LogP contribution in [0.4, 0.5) is 17.6 Å². The second kappa shape index (κ2) is 10.7. The highest BCUT2D eigenvalue weighted by Gasteiger charge is 2.30. The van der Waals surface area contributed by atoms with Crippen LogP contribution in [-0.2, 0) is 25.7 Å². The molecule has 182 valence electrons. The number of fused-ring (bicyclic) bond motifs is 1. The van der Waals surface area contributed by atoms with Gasteiger partial charge in [0.1, 0.15) is 17.4 Å².